The van der Waals surface area contributed by atoms with Gasteiger partial charge < -0.3 is 29.6 Å². The number of nitrogens with one attached hydrogen (secondary N) is 2. The highest BCUT2D eigenvalue weighted by atomic mass is 127. The second-order valence-corrected chi connectivity index (χ2v) is 21.2. The first-order valence-corrected chi connectivity index (χ1v) is 27.1. The van der Waals surface area contributed by atoms with E-state index in [1.54, 1.807) is 22.4 Å². The molecule has 2 N–H and O–H groups in total. The van der Waals surface area contributed by atoms with Crippen LogP contribution in [0.15, 0.2) is 11.6 Å². The number of methoxy groups -OCH3 is 2. The molecule has 3 radical (unpaired) electrons. The van der Waals surface area contributed by atoms with Crippen LogP contribution in [0.4, 0.5) is 0 Å². The van der Waals surface area contributed by atoms with Crippen LogP contribution in [-0.4, -0.2) is 85.4 Å². The summed E-state index contributed by atoms with van der Waals surface area (Å²) in [5.74, 6) is 1.91. The highest BCUT2D eigenvalue weighted by Gasteiger charge is 2.42. The van der Waals surface area contributed by atoms with E-state index in [2.05, 4.69) is 81.0 Å². The molecule has 0 aromatic heterocycles. The summed E-state index contributed by atoms with van der Waals surface area (Å²) in [6, 6.07) is 0. The Morgan fingerprint density at radius 1 is 0.712 bits per heavy atom. The Morgan fingerprint density at radius 2 is 1.20 bits per heavy atom. The van der Waals surface area contributed by atoms with E-state index in [4.69, 9.17) is 18.9 Å². The monoisotopic (exact) mass is 1160 g/mol. The number of hydrogen-bond donors (Lipinski definition) is 2. The average Bonchev–Trinajstić information content (AvgIpc) is 3.28. The zero-order valence-corrected chi connectivity index (χ0v) is 44.7. The summed E-state index contributed by atoms with van der Waals surface area (Å²) < 4.78 is 24.6. The number of ether oxygens (including phenoxy) is 4. The second-order valence-electron chi connectivity index (χ2n) is 17.6. The minimum atomic E-state index is -0.594. The molecule has 8 nitrogen and oxygen atoms in total. The number of carbonyl (C=O) groups is 2. The van der Waals surface area contributed by atoms with E-state index in [9.17, 15) is 9.59 Å². The van der Waals surface area contributed by atoms with Crippen molar-refractivity contribution in [3.63, 3.8) is 0 Å². The van der Waals surface area contributed by atoms with Gasteiger partial charge in [-0.15, -0.1) is 44.7 Å². The third-order valence-electron chi connectivity index (χ3n) is 13.5. The smallest absolute Gasteiger partial charge is 0.326 e. The third-order valence-corrected chi connectivity index (χ3v) is 13.5. The zero-order chi connectivity index (χ0) is 43.8. The van der Waals surface area contributed by atoms with Crippen molar-refractivity contribution >= 4 is 87.8 Å². The minimum Gasteiger partial charge on any atom is -0.468 e. The van der Waals surface area contributed by atoms with E-state index in [1.165, 1.54) is 110 Å². The van der Waals surface area contributed by atoms with Gasteiger partial charge >= 0.3 is 11.9 Å². The van der Waals surface area contributed by atoms with E-state index in [0.717, 1.165) is 109 Å². The van der Waals surface area contributed by atoms with Crippen LogP contribution < -0.4 is 10.6 Å². The van der Waals surface area contributed by atoms with Crippen LogP contribution in [0.1, 0.15) is 187 Å². The van der Waals surface area contributed by atoms with Crippen LogP contribution in [-0.2, 0) is 28.5 Å². The number of halogens is 3. The lowest BCUT2D eigenvalue weighted by molar-refractivity contribution is -0.150. The van der Waals surface area contributed by atoms with E-state index in [-0.39, 0.29) is 18.0 Å². The van der Waals surface area contributed by atoms with Crippen molar-refractivity contribution in [1.29, 1.82) is 0 Å². The Morgan fingerprint density at radius 3 is 1.71 bits per heavy atom. The van der Waals surface area contributed by atoms with Crippen LogP contribution in [0.3, 0.4) is 0 Å². The van der Waals surface area contributed by atoms with E-state index in [1.807, 2.05) is 17.1 Å². The van der Waals surface area contributed by atoms with Crippen LogP contribution >= 0.6 is 67.1 Å². The standard InChI is InChI=1S/C23H43NO3.C23H41NO3.BI2.BI/c2*1-4-5-16-27-21-13-9-12-20(17-21)18-23(24-2,22(25)26-3)15-14-19-10-7-6-8-11-19;2-1-3;1-2/h19-21,24H,4-18H2,1-3H3;17,19,21,24H,4-16,18H2,1-3H3;;/t20-,21-,23-;21-,23-;;/m11../s1. The lowest BCUT2D eigenvalue weighted by atomic mass is 9.74. The predicted octanol–water partition coefficient (Wildman–Crippen LogP) is 12.3. The molecule has 0 saturated heterocycles. The average molecular weight is 1160 g/mol. The molecule has 341 valence electrons. The first-order valence-electron chi connectivity index (χ1n) is 23.4. The zero-order valence-electron chi connectivity index (χ0n) is 38.2. The van der Waals surface area contributed by atoms with Crippen LogP contribution in [0, 0.1) is 17.8 Å². The fourth-order valence-electron chi connectivity index (χ4n) is 9.91. The van der Waals surface area contributed by atoms with Gasteiger partial charge in [-0.05, 0) is 115 Å². The van der Waals surface area contributed by atoms with Crippen molar-refractivity contribution < 1.29 is 28.5 Å². The summed E-state index contributed by atoms with van der Waals surface area (Å²) >= 11 is 5.95. The lowest BCUT2D eigenvalue weighted by Gasteiger charge is -2.38. The van der Waals surface area contributed by atoms with Crippen molar-refractivity contribution in [3.05, 3.63) is 11.6 Å². The molecule has 59 heavy (non-hydrogen) atoms. The summed E-state index contributed by atoms with van der Waals surface area (Å²) in [5, 5.41) is 6.77. The molecule has 0 unspecified atom stereocenters. The summed E-state index contributed by atoms with van der Waals surface area (Å²) in [4.78, 5) is 25.5. The molecule has 3 saturated carbocycles. The molecular formula is C46H84B2I3N2O6. The first kappa shape index (κ1) is 57.9. The van der Waals surface area contributed by atoms with Gasteiger partial charge in [-0.1, -0.05) is 115 Å². The Hall–Kier alpha value is 0.840. The van der Waals surface area contributed by atoms with Gasteiger partial charge in [0.15, 0.2) is 5.70 Å². The molecule has 0 heterocycles. The second kappa shape index (κ2) is 36.1. The Kier molecular flexibility index (Phi) is 35.4. The van der Waals surface area contributed by atoms with Crippen molar-refractivity contribution in [2.75, 3.05) is 41.5 Å². The van der Waals surface area contributed by atoms with Gasteiger partial charge in [0.2, 0.25) is 0 Å². The van der Waals surface area contributed by atoms with Gasteiger partial charge in [0.1, 0.15) is 11.1 Å². The first-order chi connectivity index (χ1) is 28.7. The van der Waals surface area contributed by atoms with Crippen LogP contribution in [0.5, 0.6) is 0 Å². The molecule has 0 aliphatic heterocycles. The van der Waals surface area contributed by atoms with Gasteiger partial charge in [-0.2, -0.15) is 22.4 Å². The molecule has 4 rings (SSSR count). The van der Waals surface area contributed by atoms with Crippen molar-refractivity contribution in [1.82, 2.24) is 10.6 Å². The Bertz CT molecular complexity index is 1100. The molecule has 0 aromatic rings. The number of esters is 2. The molecule has 13 heteroatoms. The molecule has 5 atom stereocenters. The summed E-state index contributed by atoms with van der Waals surface area (Å²) in [6.07, 6.45) is 34.6. The fourth-order valence-corrected chi connectivity index (χ4v) is 9.91. The lowest BCUT2D eigenvalue weighted by Crippen LogP contribution is -2.53. The van der Waals surface area contributed by atoms with Gasteiger partial charge in [0, 0.05) is 13.2 Å². The quantitative estimate of drug-likeness (QED) is 0.0364. The number of likely N-dealkylation sites (N-methyl/N-ethyl adjacent to an activating group) is 2. The normalized spacial score (nSPS) is 23.2. The van der Waals surface area contributed by atoms with Crippen molar-refractivity contribution in [2.24, 2.45) is 17.8 Å². The van der Waals surface area contributed by atoms with Gasteiger partial charge in [-0.25, -0.2) is 0 Å². The van der Waals surface area contributed by atoms with Crippen LogP contribution in [0.2, 0.25) is 0 Å². The number of hydrogen-bond acceptors (Lipinski definition) is 8. The van der Waals surface area contributed by atoms with E-state index < -0.39 is 11.1 Å². The fraction of sp³-hybridized carbons (Fsp3) is 0.913. The molecule has 0 amide bonds. The van der Waals surface area contributed by atoms with Crippen LogP contribution in [0.25, 0.3) is 0 Å². The summed E-state index contributed by atoms with van der Waals surface area (Å²) in [6.45, 7) is 6.11. The van der Waals surface area contributed by atoms with E-state index in [0.29, 0.717) is 12.0 Å². The predicted molar refractivity (Wildman–Crippen MR) is 275 cm³/mol. The highest BCUT2D eigenvalue weighted by Crippen LogP contribution is 2.38. The Balaban J connectivity index is 0.000000532. The molecule has 0 bridgehead atoms. The number of carbonyl (C=O) groups excluding carboxylic acids is 2. The molecule has 0 spiro atoms. The maximum Gasteiger partial charge on any atom is 0.326 e. The molecular weight excluding hydrogens is 1080 g/mol. The highest BCUT2D eigenvalue weighted by molar-refractivity contribution is 14.3. The molecule has 0 aromatic carbocycles. The topological polar surface area (TPSA) is 95.1 Å². The van der Waals surface area contributed by atoms with Crippen molar-refractivity contribution in [2.45, 2.75) is 210 Å². The SMILES string of the molecule is CCCCO[C@@H]1CCC[C@@H](C[C@@](CCC2CCCCC2)(NC)C(=O)OC)C1.CCCCO[C@H]1C=C(C[C@@](CCC2CCCCC2)(NC)C(=O)OC)CCC1.I[B]I.[B]I. The maximum absolute atomic E-state index is 12.8. The largest absolute Gasteiger partial charge is 0.468 e. The number of rotatable bonds is 22. The molecule has 4 aliphatic rings. The molecule has 3 fully saturated rings. The van der Waals surface area contributed by atoms with Gasteiger partial charge in [-0.3, -0.25) is 9.59 Å². The van der Waals surface area contributed by atoms with Gasteiger partial charge in [0.25, 0.3) is 2.99 Å². The Labute approximate surface area is 404 Å². The van der Waals surface area contributed by atoms with E-state index >= 15 is 0 Å². The van der Waals surface area contributed by atoms with Crippen molar-refractivity contribution in [3.8, 4) is 0 Å². The summed E-state index contributed by atoms with van der Waals surface area (Å²) in [7, 11) is 6.90. The number of unbranched alkanes of at least 4 members (excludes halogenated alkanes) is 2. The third kappa shape index (κ3) is 23.0. The summed E-state index contributed by atoms with van der Waals surface area (Å²) in [5.41, 5.74) is 4.70. The maximum atomic E-state index is 12.8. The molecule has 4 aliphatic carbocycles. The minimum absolute atomic E-state index is 0.0742. The van der Waals surface area contributed by atoms with Gasteiger partial charge in [0.05, 0.1) is 26.4 Å².